The van der Waals surface area contributed by atoms with E-state index in [0.717, 1.165) is 47.4 Å². The number of halogens is 1. The molecule has 4 nitrogen and oxygen atoms in total. The van der Waals surface area contributed by atoms with Crippen LogP contribution in [0.2, 0.25) is 5.15 Å². The van der Waals surface area contributed by atoms with Gasteiger partial charge >= 0.3 is 0 Å². The zero-order chi connectivity index (χ0) is 17.9. The van der Waals surface area contributed by atoms with Gasteiger partial charge in [0.2, 0.25) is 0 Å². The van der Waals surface area contributed by atoms with E-state index in [1.54, 1.807) is 18.0 Å². The average molecular weight is 384 g/mol. The maximum atomic E-state index is 12.4. The first kappa shape index (κ1) is 17.3. The van der Waals surface area contributed by atoms with Gasteiger partial charge < -0.3 is 4.90 Å². The number of thioether (sulfide) groups is 1. The molecule has 0 N–H and O–H groups in total. The second-order valence-electron chi connectivity index (χ2n) is 6.30. The fourth-order valence-electron chi connectivity index (χ4n) is 3.08. The first-order chi connectivity index (χ1) is 12.7. The van der Waals surface area contributed by atoms with Crippen molar-refractivity contribution < 1.29 is 4.79 Å². The van der Waals surface area contributed by atoms with Crippen molar-refractivity contribution in [3.8, 4) is 0 Å². The molecule has 1 aliphatic heterocycles. The third-order valence-electron chi connectivity index (χ3n) is 4.50. The number of para-hydroxylation sites is 1. The van der Waals surface area contributed by atoms with E-state index in [-0.39, 0.29) is 5.91 Å². The topological polar surface area (TPSA) is 46.1 Å². The SMILES string of the molecule is O=C(c1ccc(SCc2cc3ccccc3nc2Cl)nc1)N1CCCC1. The Morgan fingerprint density at radius 1 is 1.15 bits per heavy atom. The summed E-state index contributed by atoms with van der Waals surface area (Å²) in [4.78, 5) is 23.1. The van der Waals surface area contributed by atoms with Gasteiger partial charge in [-0.05, 0) is 37.1 Å². The third kappa shape index (κ3) is 3.69. The zero-order valence-electron chi connectivity index (χ0n) is 14.2. The van der Waals surface area contributed by atoms with E-state index in [0.29, 0.717) is 16.5 Å². The molecule has 0 unspecified atom stereocenters. The molecular weight excluding hydrogens is 366 g/mol. The van der Waals surface area contributed by atoms with Crippen LogP contribution in [0.15, 0.2) is 53.7 Å². The molecule has 1 aliphatic rings. The Kier molecular flexibility index (Phi) is 5.09. The molecule has 1 amide bonds. The first-order valence-electron chi connectivity index (χ1n) is 8.63. The normalized spacial score (nSPS) is 14.1. The van der Waals surface area contributed by atoms with E-state index < -0.39 is 0 Å². The summed E-state index contributed by atoms with van der Waals surface area (Å²) in [5.74, 6) is 0.761. The molecule has 1 aromatic carbocycles. The first-order valence-corrected chi connectivity index (χ1v) is 9.99. The summed E-state index contributed by atoms with van der Waals surface area (Å²) in [5.41, 5.74) is 2.53. The Hall–Kier alpha value is -2.11. The highest BCUT2D eigenvalue weighted by molar-refractivity contribution is 7.98. The zero-order valence-corrected chi connectivity index (χ0v) is 15.8. The number of likely N-dealkylation sites (tertiary alicyclic amines) is 1. The van der Waals surface area contributed by atoms with Crippen LogP contribution in [0.3, 0.4) is 0 Å². The van der Waals surface area contributed by atoms with E-state index in [9.17, 15) is 4.79 Å². The summed E-state index contributed by atoms with van der Waals surface area (Å²) >= 11 is 7.90. The number of carbonyl (C=O) groups excluding carboxylic acids is 1. The van der Waals surface area contributed by atoms with Crippen LogP contribution in [0.25, 0.3) is 10.9 Å². The van der Waals surface area contributed by atoms with Crippen molar-refractivity contribution in [2.45, 2.75) is 23.6 Å². The quantitative estimate of drug-likeness (QED) is 0.479. The summed E-state index contributed by atoms with van der Waals surface area (Å²) in [7, 11) is 0. The van der Waals surface area contributed by atoms with Gasteiger partial charge in [0, 0.05) is 36.0 Å². The van der Waals surface area contributed by atoms with Gasteiger partial charge in [0.1, 0.15) is 5.15 Å². The molecule has 0 radical (unpaired) electrons. The van der Waals surface area contributed by atoms with Crippen LogP contribution in [0, 0.1) is 0 Å². The molecule has 1 saturated heterocycles. The van der Waals surface area contributed by atoms with E-state index in [2.05, 4.69) is 16.0 Å². The van der Waals surface area contributed by atoms with Gasteiger partial charge in [0.05, 0.1) is 16.1 Å². The third-order valence-corrected chi connectivity index (χ3v) is 5.82. The van der Waals surface area contributed by atoms with Crippen molar-refractivity contribution in [3.05, 3.63) is 64.9 Å². The van der Waals surface area contributed by atoms with Crippen molar-refractivity contribution in [2.75, 3.05) is 13.1 Å². The number of amides is 1. The highest BCUT2D eigenvalue weighted by Gasteiger charge is 2.19. The molecule has 0 saturated carbocycles. The largest absolute Gasteiger partial charge is 0.339 e. The molecule has 132 valence electrons. The molecular formula is C20H18ClN3OS. The Balaban J connectivity index is 1.45. The minimum Gasteiger partial charge on any atom is -0.339 e. The van der Waals surface area contributed by atoms with Gasteiger partial charge in [0.25, 0.3) is 5.91 Å². The van der Waals surface area contributed by atoms with E-state index in [1.807, 2.05) is 41.3 Å². The molecule has 26 heavy (non-hydrogen) atoms. The summed E-state index contributed by atoms with van der Waals surface area (Å²) in [6.45, 7) is 1.70. The van der Waals surface area contributed by atoms with Crippen LogP contribution in [0.1, 0.15) is 28.8 Å². The summed E-state index contributed by atoms with van der Waals surface area (Å²) in [6.07, 6.45) is 3.85. The number of nitrogens with zero attached hydrogens (tertiary/aromatic N) is 3. The van der Waals surface area contributed by atoms with Crippen LogP contribution in [-0.4, -0.2) is 33.9 Å². The van der Waals surface area contributed by atoms with E-state index in [4.69, 9.17) is 11.6 Å². The predicted molar refractivity (Wildman–Crippen MR) is 106 cm³/mol. The lowest BCUT2D eigenvalue weighted by Crippen LogP contribution is -2.27. The maximum Gasteiger partial charge on any atom is 0.255 e. The predicted octanol–water partition coefficient (Wildman–Crippen LogP) is 4.81. The standard InChI is InChI=1S/C20H18ClN3OS/c21-19-16(11-14-5-1-2-6-17(14)23-19)13-26-18-8-7-15(12-22-18)20(25)24-9-3-4-10-24/h1-2,5-8,11-12H,3-4,9-10,13H2. The summed E-state index contributed by atoms with van der Waals surface area (Å²) in [5, 5.41) is 2.47. The number of hydrogen-bond donors (Lipinski definition) is 0. The highest BCUT2D eigenvalue weighted by Crippen LogP contribution is 2.27. The number of aromatic nitrogens is 2. The lowest BCUT2D eigenvalue weighted by Gasteiger charge is -2.14. The van der Waals surface area contributed by atoms with Crippen LogP contribution in [0.4, 0.5) is 0 Å². The monoisotopic (exact) mass is 383 g/mol. The smallest absolute Gasteiger partial charge is 0.255 e. The van der Waals surface area contributed by atoms with Crippen molar-refractivity contribution >= 4 is 40.2 Å². The fraction of sp³-hybridized carbons (Fsp3) is 0.250. The Labute approximate surface area is 161 Å². The summed E-state index contributed by atoms with van der Waals surface area (Å²) in [6, 6.07) is 13.8. The van der Waals surface area contributed by atoms with Crippen molar-refractivity contribution in [2.24, 2.45) is 0 Å². The number of carbonyl (C=O) groups is 1. The minimum atomic E-state index is 0.0772. The van der Waals surface area contributed by atoms with Crippen LogP contribution < -0.4 is 0 Å². The Morgan fingerprint density at radius 2 is 1.96 bits per heavy atom. The van der Waals surface area contributed by atoms with Gasteiger partial charge in [-0.15, -0.1) is 11.8 Å². The molecule has 3 aromatic rings. The highest BCUT2D eigenvalue weighted by atomic mass is 35.5. The number of benzene rings is 1. The molecule has 0 bridgehead atoms. The second kappa shape index (κ2) is 7.64. The van der Waals surface area contributed by atoms with Gasteiger partial charge in [-0.1, -0.05) is 29.8 Å². The van der Waals surface area contributed by atoms with E-state index >= 15 is 0 Å². The number of rotatable bonds is 4. The van der Waals surface area contributed by atoms with Crippen LogP contribution in [-0.2, 0) is 5.75 Å². The lowest BCUT2D eigenvalue weighted by atomic mass is 10.2. The number of fused-ring (bicyclic) bond motifs is 1. The minimum absolute atomic E-state index is 0.0772. The van der Waals surface area contributed by atoms with Crippen molar-refractivity contribution in [1.82, 2.24) is 14.9 Å². The summed E-state index contributed by atoms with van der Waals surface area (Å²) < 4.78 is 0. The molecule has 0 spiro atoms. The molecule has 0 atom stereocenters. The number of pyridine rings is 2. The molecule has 4 rings (SSSR count). The second-order valence-corrected chi connectivity index (χ2v) is 7.66. The maximum absolute atomic E-state index is 12.4. The van der Waals surface area contributed by atoms with Gasteiger partial charge in [-0.2, -0.15) is 0 Å². The van der Waals surface area contributed by atoms with Gasteiger partial charge in [-0.25, -0.2) is 9.97 Å². The van der Waals surface area contributed by atoms with Crippen LogP contribution >= 0.6 is 23.4 Å². The van der Waals surface area contributed by atoms with Gasteiger partial charge in [-0.3, -0.25) is 4.79 Å². The Morgan fingerprint density at radius 3 is 2.73 bits per heavy atom. The fourth-order valence-corrected chi connectivity index (χ4v) is 4.19. The number of hydrogen-bond acceptors (Lipinski definition) is 4. The molecule has 2 aromatic heterocycles. The lowest BCUT2D eigenvalue weighted by molar-refractivity contribution is 0.0792. The van der Waals surface area contributed by atoms with Gasteiger partial charge in [0.15, 0.2) is 0 Å². The van der Waals surface area contributed by atoms with E-state index in [1.165, 1.54) is 0 Å². The molecule has 1 fully saturated rings. The van der Waals surface area contributed by atoms with Crippen LogP contribution in [0.5, 0.6) is 0 Å². The molecule has 3 heterocycles. The molecule has 6 heteroatoms. The average Bonchev–Trinajstić information content (AvgIpc) is 3.21. The Bertz CT molecular complexity index is 939. The van der Waals surface area contributed by atoms with Crippen molar-refractivity contribution in [3.63, 3.8) is 0 Å². The molecule has 0 aliphatic carbocycles. The van der Waals surface area contributed by atoms with Crippen molar-refractivity contribution in [1.29, 1.82) is 0 Å².